The largest absolute Gasteiger partial charge is 0.407 e. The molecule has 0 saturated heterocycles. The zero-order valence-corrected chi connectivity index (χ0v) is 20.6. The smallest absolute Gasteiger partial charge is 0.261 e. The van der Waals surface area contributed by atoms with Gasteiger partial charge in [0.15, 0.2) is 0 Å². The van der Waals surface area contributed by atoms with E-state index in [-0.39, 0.29) is 16.6 Å². The molecule has 0 N–H and O–H groups in total. The maximum atomic E-state index is 13.1. The van der Waals surface area contributed by atoms with Crippen molar-refractivity contribution in [2.75, 3.05) is 13.7 Å². The Morgan fingerprint density at radius 1 is 0.968 bits per heavy atom. The molecule has 2 aromatic carbocycles. The van der Waals surface area contributed by atoms with E-state index in [1.54, 1.807) is 7.11 Å². The maximum Gasteiger partial charge on any atom is 0.261 e. The standard InChI is InChI=1S/C27H36O3Si/c1-26(2,3)31(21-12-8-6-9-13-21,22-14-10-7-11-15-22)30-19-24-23-17-16-20(29-5)18-25(28)27(23,24)4/h6-15,20,23-24H,16-19H2,1-5H3/t20?,23-,24-,27-/m0/s1. The predicted octanol–water partition coefficient (Wildman–Crippen LogP) is 4.58. The minimum atomic E-state index is -2.56. The van der Waals surface area contributed by atoms with E-state index in [1.807, 2.05) is 0 Å². The number of hydrogen-bond acceptors (Lipinski definition) is 3. The highest BCUT2D eigenvalue weighted by atomic mass is 28.4. The summed E-state index contributed by atoms with van der Waals surface area (Å²) in [7, 11) is -0.837. The van der Waals surface area contributed by atoms with E-state index in [0.29, 0.717) is 30.6 Å². The lowest BCUT2D eigenvalue weighted by atomic mass is 9.96. The van der Waals surface area contributed by atoms with Crippen LogP contribution in [0.1, 0.15) is 47.0 Å². The van der Waals surface area contributed by atoms with Gasteiger partial charge in [0.1, 0.15) is 5.78 Å². The van der Waals surface area contributed by atoms with Crippen molar-refractivity contribution in [2.45, 2.75) is 58.1 Å². The minimum absolute atomic E-state index is 0.0429. The van der Waals surface area contributed by atoms with Crippen LogP contribution in [-0.2, 0) is 14.0 Å². The molecule has 0 radical (unpaired) electrons. The van der Waals surface area contributed by atoms with Gasteiger partial charge in [-0.05, 0) is 40.1 Å². The predicted molar refractivity (Wildman–Crippen MR) is 128 cm³/mol. The van der Waals surface area contributed by atoms with E-state index in [0.717, 1.165) is 12.8 Å². The van der Waals surface area contributed by atoms with Crippen LogP contribution in [0.25, 0.3) is 0 Å². The summed E-state index contributed by atoms with van der Waals surface area (Å²) in [6.07, 6.45) is 2.64. The van der Waals surface area contributed by atoms with Crippen LogP contribution < -0.4 is 10.4 Å². The van der Waals surface area contributed by atoms with Gasteiger partial charge in [0.25, 0.3) is 8.32 Å². The lowest BCUT2D eigenvalue weighted by molar-refractivity contribution is -0.126. The molecule has 0 spiro atoms. The van der Waals surface area contributed by atoms with Crippen molar-refractivity contribution < 1.29 is 14.0 Å². The summed E-state index contributed by atoms with van der Waals surface area (Å²) in [6.45, 7) is 9.73. The Bertz CT molecular complexity index is 866. The Morgan fingerprint density at radius 2 is 1.52 bits per heavy atom. The lowest BCUT2D eigenvalue weighted by Crippen LogP contribution is -2.66. The van der Waals surface area contributed by atoms with Crippen molar-refractivity contribution in [3.05, 3.63) is 60.7 Å². The average Bonchev–Trinajstić information content (AvgIpc) is 3.38. The highest BCUT2D eigenvalue weighted by Gasteiger charge is 2.66. The highest BCUT2D eigenvalue weighted by molar-refractivity contribution is 6.99. The molecule has 2 fully saturated rings. The van der Waals surface area contributed by atoms with Crippen molar-refractivity contribution in [1.82, 2.24) is 0 Å². The molecule has 4 atom stereocenters. The molecular weight excluding hydrogens is 400 g/mol. The van der Waals surface area contributed by atoms with Gasteiger partial charge < -0.3 is 9.16 Å². The Morgan fingerprint density at radius 3 is 2.00 bits per heavy atom. The number of Topliss-reactive ketones (excluding diaryl/α,β-unsaturated/α-hetero) is 1. The van der Waals surface area contributed by atoms with Crippen molar-refractivity contribution in [3.63, 3.8) is 0 Å². The van der Waals surface area contributed by atoms with E-state index >= 15 is 0 Å². The molecule has 2 aliphatic rings. The second-order valence-electron chi connectivity index (χ2n) is 10.5. The number of carbonyl (C=O) groups excluding carboxylic acids is 1. The molecule has 0 heterocycles. The van der Waals surface area contributed by atoms with E-state index in [1.165, 1.54) is 10.4 Å². The number of benzene rings is 2. The zero-order valence-electron chi connectivity index (χ0n) is 19.6. The first-order chi connectivity index (χ1) is 14.7. The monoisotopic (exact) mass is 436 g/mol. The molecule has 1 unspecified atom stereocenters. The highest BCUT2D eigenvalue weighted by Crippen LogP contribution is 2.63. The molecule has 2 saturated carbocycles. The van der Waals surface area contributed by atoms with Crippen molar-refractivity contribution >= 4 is 24.5 Å². The second kappa shape index (κ2) is 8.31. The first-order valence-corrected chi connectivity index (χ1v) is 13.5. The van der Waals surface area contributed by atoms with E-state index in [2.05, 4.69) is 88.4 Å². The number of methoxy groups -OCH3 is 1. The van der Waals surface area contributed by atoms with E-state index in [9.17, 15) is 4.79 Å². The molecule has 4 rings (SSSR count). The van der Waals surface area contributed by atoms with Gasteiger partial charge in [-0.25, -0.2) is 0 Å². The van der Waals surface area contributed by atoms with Crippen LogP contribution in [0.3, 0.4) is 0 Å². The molecule has 0 bridgehead atoms. The first-order valence-electron chi connectivity index (χ1n) is 11.6. The molecule has 2 aromatic rings. The molecule has 0 aliphatic heterocycles. The lowest BCUT2D eigenvalue weighted by Gasteiger charge is -2.43. The summed E-state index contributed by atoms with van der Waals surface area (Å²) < 4.78 is 12.7. The molecule has 31 heavy (non-hydrogen) atoms. The Kier molecular flexibility index (Phi) is 6.01. The molecule has 0 amide bonds. The fourth-order valence-corrected chi connectivity index (χ4v) is 10.6. The van der Waals surface area contributed by atoms with Gasteiger partial charge in [-0.1, -0.05) is 88.4 Å². The fraction of sp³-hybridized carbons (Fsp3) is 0.519. The third kappa shape index (κ3) is 3.73. The third-order valence-electron chi connectivity index (χ3n) is 7.96. The SMILES string of the molecule is COC1CC[C@H]2[C@H](CO[Si](c3ccccc3)(c3ccccc3)C(C)(C)C)[C@@]2(C)C(=O)C1. The van der Waals surface area contributed by atoms with Crippen LogP contribution >= 0.6 is 0 Å². The van der Waals surface area contributed by atoms with Gasteiger partial charge in [-0.3, -0.25) is 4.79 Å². The number of hydrogen-bond donors (Lipinski definition) is 0. The Hall–Kier alpha value is -1.75. The topological polar surface area (TPSA) is 35.5 Å². The molecule has 166 valence electrons. The molecule has 0 aromatic heterocycles. The average molecular weight is 437 g/mol. The second-order valence-corrected chi connectivity index (χ2v) is 14.8. The van der Waals surface area contributed by atoms with Crippen LogP contribution in [0.2, 0.25) is 5.04 Å². The molecule has 2 aliphatic carbocycles. The summed E-state index contributed by atoms with van der Waals surface area (Å²) in [5, 5.41) is 2.55. The van der Waals surface area contributed by atoms with E-state index in [4.69, 9.17) is 9.16 Å². The number of ketones is 1. The van der Waals surface area contributed by atoms with Crippen molar-refractivity contribution in [3.8, 4) is 0 Å². The Balaban J connectivity index is 1.67. The van der Waals surface area contributed by atoms with Crippen LogP contribution in [0.15, 0.2) is 60.7 Å². The maximum absolute atomic E-state index is 13.1. The van der Waals surface area contributed by atoms with Gasteiger partial charge in [0.2, 0.25) is 0 Å². The van der Waals surface area contributed by atoms with Gasteiger partial charge in [0.05, 0.1) is 6.10 Å². The summed E-state index contributed by atoms with van der Waals surface area (Å²) in [5.41, 5.74) is -0.251. The van der Waals surface area contributed by atoms with E-state index < -0.39 is 8.32 Å². The first kappa shape index (κ1) is 22.4. The van der Waals surface area contributed by atoms with Crippen molar-refractivity contribution in [1.29, 1.82) is 0 Å². The van der Waals surface area contributed by atoms with Crippen LogP contribution in [0.4, 0.5) is 0 Å². The minimum Gasteiger partial charge on any atom is -0.407 e. The van der Waals surface area contributed by atoms with Gasteiger partial charge in [-0.2, -0.15) is 0 Å². The summed E-state index contributed by atoms with van der Waals surface area (Å²) >= 11 is 0. The number of rotatable bonds is 6. The van der Waals surface area contributed by atoms with Crippen molar-refractivity contribution in [2.24, 2.45) is 17.3 Å². The van der Waals surface area contributed by atoms with Crippen LogP contribution in [0, 0.1) is 17.3 Å². The van der Waals surface area contributed by atoms with Gasteiger partial charge in [0, 0.05) is 25.6 Å². The zero-order chi connectivity index (χ0) is 22.3. The fourth-order valence-electron chi connectivity index (χ4n) is 5.97. The molecule has 4 heteroatoms. The summed E-state index contributed by atoms with van der Waals surface area (Å²) in [5.74, 6) is 1.08. The number of carbonyl (C=O) groups is 1. The van der Waals surface area contributed by atoms with Gasteiger partial charge >= 0.3 is 0 Å². The van der Waals surface area contributed by atoms with Gasteiger partial charge in [-0.15, -0.1) is 0 Å². The quantitative estimate of drug-likeness (QED) is 0.622. The summed E-state index contributed by atoms with van der Waals surface area (Å²) in [6, 6.07) is 21.5. The number of fused-ring (bicyclic) bond motifs is 1. The normalized spacial score (nSPS) is 28.7. The third-order valence-corrected chi connectivity index (χ3v) is 13.0. The molecule has 3 nitrogen and oxygen atoms in total. The Labute approximate surface area is 188 Å². The number of ether oxygens (including phenoxy) is 1. The molecular formula is C27H36O3Si. The van der Waals surface area contributed by atoms with Crippen LogP contribution in [0.5, 0.6) is 0 Å². The summed E-state index contributed by atoms with van der Waals surface area (Å²) in [4.78, 5) is 13.1. The van der Waals surface area contributed by atoms with Crippen LogP contribution in [-0.4, -0.2) is 33.9 Å².